The predicted octanol–water partition coefficient (Wildman–Crippen LogP) is 6.08. The summed E-state index contributed by atoms with van der Waals surface area (Å²) in [6.45, 7) is 12.3. The molecule has 0 aliphatic rings. The number of aromatic nitrogens is 5. The Hall–Kier alpha value is -2.30. The Bertz CT molecular complexity index is 1250. The van der Waals surface area contributed by atoms with Gasteiger partial charge in [-0.25, -0.2) is 9.67 Å². The van der Waals surface area contributed by atoms with Gasteiger partial charge in [-0.1, -0.05) is 43.0 Å². The number of thiophene rings is 1. The largest absolute Gasteiger partial charge is 0.296 e. The molecule has 1 N–H and O–H groups in total. The minimum absolute atomic E-state index is 0.177. The van der Waals surface area contributed by atoms with Gasteiger partial charge in [-0.05, 0) is 51.1 Å². The summed E-state index contributed by atoms with van der Waals surface area (Å²) in [7, 11) is 0. The summed E-state index contributed by atoms with van der Waals surface area (Å²) in [6, 6.07) is 6.01. The van der Waals surface area contributed by atoms with Crippen LogP contribution in [0.2, 0.25) is 0 Å². The highest BCUT2D eigenvalue weighted by Crippen LogP contribution is 2.32. The van der Waals surface area contributed by atoms with E-state index in [1.54, 1.807) is 23.1 Å². The number of anilines is 1. The summed E-state index contributed by atoms with van der Waals surface area (Å²) in [5.74, 6) is 0.798. The highest BCUT2D eigenvalue weighted by atomic mass is 32.2. The Labute approximate surface area is 199 Å². The Kier molecular flexibility index (Phi) is 6.37. The topological polar surface area (TPSA) is 85.6 Å². The van der Waals surface area contributed by atoms with Crippen molar-refractivity contribution in [1.82, 2.24) is 25.0 Å². The molecule has 4 rings (SSSR count). The smallest absolute Gasteiger partial charge is 0.258 e. The van der Waals surface area contributed by atoms with E-state index in [4.69, 9.17) is 10.1 Å². The third-order valence-electron chi connectivity index (χ3n) is 4.85. The van der Waals surface area contributed by atoms with Crippen molar-refractivity contribution in [2.75, 3.05) is 5.32 Å². The van der Waals surface area contributed by atoms with Gasteiger partial charge in [0, 0.05) is 16.3 Å². The molecule has 1 amide bonds. The molecule has 168 valence electrons. The molecule has 0 aliphatic heterocycles. The molecule has 0 unspecified atom stereocenters. The van der Waals surface area contributed by atoms with E-state index < -0.39 is 0 Å². The van der Waals surface area contributed by atoms with E-state index in [2.05, 4.69) is 61.6 Å². The first-order chi connectivity index (χ1) is 15.1. The number of rotatable bonds is 6. The monoisotopic (exact) mass is 486 g/mol. The number of pyridine rings is 1. The molecule has 32 heavy (non-hydrogen) atoms. The predicted molar refractivity (Wildman–Crippen MR) is 133 cm³/mol. The number of nitrogens with zero attached hydrogens (tertiary/aromatic N) is 5. The zero-order valence-electron chi connectivity index (χ0n) is 19.0. The minimum atomic E-state index is -0.253. The number of aryl methyl sites for hydroxylation is 1. The summed E-state index contributed by atoms with van der Waals surface area (Å²) >= 11 is 4.72. The average Bonchev–Trinajstić information content (AvgIpc) is 3.46. The number of carbonyl (C=O) groups excluding carboxylic acids is 1. The number of nitrogens with one attached hydrogen (secondary N) is 1. The summed E-state index contributed by atoms with van der Waals surface area (Å²) in [4.78, 5) is 19.5. The summed E-state index contributed by atoms with van der Waals surface area (Å²) < 4.78 is 2.73. The van der Waals surface area contributed by atoms with Gasteiger partial charge in [0.05, 0.1) is 22.2 Å². The first-order valence-corrected chi connectivity index (χ1v) is 13.0. The quantitative estimate of drug-likeness (QED) is 0.263. The van der Waals surface area contributed by atoms with Crippen LogP contribution >= 0.6 is 34.4 Å². The van der Waals surface area contributed by atoms with Crippen LogP contribution in [0.15, 0.2) is 27.9 Å². The van der Waals surface area contributed by atoms with Gasteiger partial charge >= 0.3 is 0 Å². The number of amides is 1. The highest BCUT2D eigenvalue weighted by Gasteiger charge is 2.25. The lowest BCUT2D eigenvalue weighted by Gasteiger charge is -2.20. The van der Waals surface area contributed by atoms with Crippen LogP contribution in [0.4, 0.5) is 5.13 Å². The lowest BCUT2D eigenvalue weighted by molar-refractivity contribution is 0.102. The normalized spacial score (nSPS) is 12.1. The van der Waals surface area contributed by atoms with Crippen molar-refractivity contribution in [2.24, 2.45) is 0 Å². The summed E-state index contributed by atoms with van der Waals surface area (Å²) in [6.07, 6.45) is 0. The van der Waals surface area contributed by atoms with Gasteiger partial charge in [0.2, 0.25) is 5.13 Å². The lowest BCUT2D eigenvalue weighted by atomic mass is 10.0. The molecule has 0 saturated carbocycles. The Morgan fingerprint density at radius 1 is 1.28 bits per heavy atom. The molecule has 0 aromatic carbocycles. The van der Waals surface area contributed by atoms with Crippen LogP contribution in [-0.2, 0) is 11.3 Å². The van der Waals surface area contributed by atoms with Crippen molar-refractivity contribution in [3.63, 3.8) is 0 Å². The van der Waals surface area contributed by atoms with Crippen molar-refractivity contribution in [3.05, 3.63) is 45.4 Å². The van der Waals surface area contributed by atoms with Crippen LogP contribution in [0, 0.1) is 6.92 Å². The van der Waals surface area contributed by atoms with Crippen molar-refractivity contribution < 1.29 is 4.79 Å². The van der Waals surface area contributed by atoms with Crippen molar-refractivity contribution in [2.45, 2.75) is 63.1 Å². The van der Waals surface area contributed by atoms with E-state index in [0.717, 1.165) is 32.5 Å². The van der Waals surface area contributed by atoms with Crippen LogP contribution in [-0.4, -0.2) is 30.9 Å². The molecule has 0 saturated heterocycles. The Balaban J connectivity index is 1.64. The zero-order chi connectivity index (χ0) is 23.0. The Morgan fingerprint density at radius 2 is 2.06 bits per heavy atom. The van der Waals surface area contributed by atoms with E-state index >= 15 is 0 Å². The Morgan fingerprint density at radius 3 is 2.72 bits per heavy atom. The third kappa shape index (κ3) is 4.72. The van der Waals surface area contributed by atoms with Gasteiger partial charge in [0.15, 0.2) is 9.99 Å². The molecule has 10 heteroatoms. The number of hydrogen-bond acceptors (Lipinski definition) is 8. The molecule has 0 atom stereocenters. The molecule has 0 radical (unpaired) electrons. The number of hydrogen-bond donors (Lipinski definition) is 1. The van der Waals surface area contributed by atoms with Crippen molar-refractivity contribution in [3.8, 4) is 0 Å². The molecule has 0 spiro atoms. The maximum atomic E-state index is 13.3. The fourth-order valence-electron chi connectivity index (χ4n) is 3.26. The van der Waals surface area contributed by atoms with Crippen LogP contribution in [0.25, 0.3) is 11.0 Å². The molecular formula is C22H26N6OS3. The molecule has 0 fully saturated rings. The minimum Gasteiger partial charge on any atom is -0.296 e. The molecule has 0 bridgehead atoms. The van der Waals surface area contributed by atoms with Crippen LogP contribution < -0.4 is 5.32 Å². The zero-order valence-corrected chi connectivity index (χ0v) is 21.4. The first-order valence-electron chi connectivity index (χ1n) is 10.3. The number of fused-ring (bicyclic) bond motifs is 1. The molecule has 4 aromatic heterocycles. The number of carbonyl (C=O) groups is 1. The van der Waals surface area contributed by atoms with Gasteiger partial charge in [0.1, 0.15) is 0 Å². The molecule has 0 aliphatic carbocycles. The molecular weight excluding hydrogens is 460 g/mol. The van der Waals surface area contributed by atoms with E-state index in [-0.39, 0.29) is 17.4 Å². The van der Waals surface area contributed by atoms with Crippen molar-refractivity contribution in [1.29, 1.82) is 0 Å². The SMILES string of the molecule is Cc1nn(C(C)(C)C)c2nc(C(C)C)cc(C(=O)Nc3nnc(SCc4cccs4)s3)c12. The van der Waals surface area contributed by atoms with E-state index in [0.29, 0.717) is 10.7 Å². The lowest BCUT2D eigenvalue weighted by Crippen LogP contribution is -2.24. The second-order valence-corrected chi connectivity index (χ2v) is 12.0. The second kappa shape index (κ2) is 8.92. The molecule has 4 heterocycles. The standard InChI is InChI=1S/C22H26N6OS3/c1-12(2)16-10-15(17-13(3)27-28(18(17)23-16)22(4,5)6)19(29)24-20-25-26-21(32-20)31-11-14-8-7-9-30-14/h7-10,12H,11H2,1-6H3,(H,24,25,29). The van der Waals surface area contributed by atoms with E-state index in [9.17, 15) is 4.79 Å². The van der Waals surface area contributed by atoms with Crippen LogP contribution in [0.1, 0.15) is 67.2 Å². The maximum absolute atomic E-state index is 13.3. The van der Waals surface area contributed by atoms with Gasteiger partial charge < -0.3 is 0 Å². The highest BCUT2D eigenvalue weighted by molar-refractivity contribution is 8.00. The van der Waals surface area contributed by atoms with Crippen LogP contribution in [0.3, 0.4) is 0 Å². The second-order valence-electron chi connectivity index (χ2n) is 8.81. The van der Waals surface area contributed by atoms with Gasteiger partial charge in [-0.2, -0.15) is 5.10 Å². The van der Waals surface area contributed by atoms with Crippen LogP contribution in [0.5, 0.6) is 0 Å². The maximum Gasteiger partial charge on any atom is 0.258 e. The molecule has 7 nitrogen and oxygen atoms in total. The third-order valence-corrected chi connectivity index (χ3v) is 7.93. The number of thioether (sulfide) groups is 1. The summed E-state index contributed by atoms with van der Waals surface area (Å²) in [5, 5.41) is 19.4. The summed E-state index contributed by atoms with van der Waals surface area (Å²) in [5.41, 5.74) is 2.69. The van der Waals surface area contributed by atoms with Gasteiger partial charge in [-0.15, -0.1) is 21.5 Å². The van der Waals surface area contributed by atoms with Gasteiger partial charge in [-0.3, -0.25) is 10.1 Å². The van der Waals surface area contributed by atoms with Crippen molar-refractivity contribution >= 4 is 56.5 Å². The van der Waals surface area contributed by atoms with E-state index in [1.807, 2.05) is 23.7 Å². The first kappa shape index (κ1) is 22.9. The fourth-order valence-corrected chi connectivity index (χ4v) is 5.78. The van der Waals surface area contributed by atoms with E-state index in [1.165, 1.54) is 16.2 Å². The molecule has 4 aromatic rings. The van der Waals surface area contributed by atoms with Gasteiger partial charge in [0.25, 0.3) is 5.91 Å². The average molecular weight is 487 g/mol. The fraction of sp³-hybridized carbons (Fsp3) is 0.409.